The fourth-order valence-corrected chi connectivity index (χ4v) is 1.37. The van der Waals surface area contributed by atoms with E-state index in [2.05, 4.69) is 4.74 Å². The van der Waals surface area contributed by atoms with Crippen molar-refractivity contribution in [3.63, 3.8) is 0 Å². The first-order chi connectivity index (χ1) is 8.69. The zero-order valence-corrected chi connectivity index (χ0v) is 10.9. The largest absolute Gasteiger partial charge is 0.496 e. The van der Waals surface area contributed by atoms with Crippen molar-refractivity contribution in [3.05, 3.63) is 18.2 Å². The predicted molar refractivity (Wildman–Crippen MR) is 66.3 cm³/mol. The van der Waals surface area contributed by atoms with Crippen LogP contribution in [0.4, 0.5) is 0 Å². The molecular weight excluding hydrogens is 236 g/mol. The highest BCUT2D eigenvalue weighted by Crippen LogP contribution is 2.27. The molecule has 0 unspecified atom stereocenters. The van der Waals surface area contributed by atoms with Gasteiger partial charge in [0.25, 0.3) is 0 Å². The Balaban J connectivity index is 2.48. The predicted octanol–water partition coefficient (Wildman–Crippen LogP) is 2.04. The summed E-state index contributed by atoms with van der Waals surface area (Å²) in [6, 6.07) is 5.29. The van der Waals surface area contributed by atoms with Gasteiger partial charge in [-0.3, -0.25) is 4.79 Å². The maximum absolute atomic E-state index is 10.9. The average Bonchev–Trinajstić information content (AvgIpc) is 2.42. The minimum Gasteiger partial charge on any atom is -0.496 e. The summed E-state index contributed by atoms with van der Waals surface area (Å²) in [4.78, 5) is 10.9. The van der Waals surface area contributed by atoms with E-state index in [0.29, 0.717) is 36.7 Å². The van der Waals surface area contributed by atoms with E-state index in [1.54, 1.807) is 32.4 Å². The van der Waals surface area contributed by atoms with Gasteiger partial charge in [0.1, 0.15) is 17.2 Å². The molecule has 18 heavy (non-hydrogen) atoms. The van der Waals surface area contributed by atoms with E-state index in [9.17, 15) is 4.79 Å². The van der Waals surface area contributed by atoms with Crippen LogP contribution in [0.2, 0.25) is 0 Å². The number of methoxy groups -OCH3 is 3. The number of hydrogen-bond donors (Lipinski definition) is 0. The van der Waals surface area contributed by atoms with Gasteiger partial charge < -0.3 is 18.9 Å². The number of ether oxygens (including phenoxy) is 4. The molecule has 0 aliphatic rings. The highest BCUT2D eigenvalue weighted by Gasteiger charge is 2.04. The van der Waals surface area contributed by atoms with E-state index in [0.717, 1.165) is 0 Å². The summed E-state index contributed by atoms with van der Waals surface area (Å²) < 4.78 is 20.3. The van der Waals surface area contributed by atoms with Gasteiger partial charge >= 0.3 is 5.97 Å². The van der Waals surface area contributed by atoms with Crippen LogP contribution in [0, 0.1) is 0 Å². The summed E-state index contributed by atoms with van der Waals surface area (Å²) >= 11 is 0. The molecule has 0 amide bonds. The number of carbonyl (C=O) groups excluding carboxylic acids is 1. The molecule has 0 heterocycles. The van der Waals surface area contributed by atoms with Crippen LogP contribution in [-0.4, -0.2) is 33.9 Å². The van der Waals surface area contributed by atoms with Crippen LogP contribution in [0.25, 0.3) is 0 Å². The molecule has 100 valence electrons. The number of rotatable bonds is 7. The fourth-order valence-electron chi connectivity index (χ4n) is 1.37. The molecule has 5 heteroatoms. The molecule has 1 aromatic carbocycles. The highest BCUT2D eigenvalue weighted by atomic mass is 16.5. The van der Waals surface area contributed by atoms with E-state index in [1.807, 2.05) is 0 Å². The Bertz CT molecular complexity index is 367. The lowest BCUT2D eigenvalue weighted by Gasteiger charge is -2.09. The Kier molecular flexibility index (Phi) is 5.84. The van der Waals surface area contributed by atoms with Gasteiger partial charge in [-0.05, 0) is 6.42 Å². The molecule has 0 aromatic heterocycles. The normalized spacial score (nSPS) is 9.72. The average molecular weight is 254 g/mol. The maximum atomic E-state index is 10.9. The number of carbonyl (C=O) groups is 1. The first kappa shape index (κ1) is 14.2. The van der Waals surface area contributed by atoms with E-state index in [-0.39, 0.29) is 5.97 Å². The van der Waals surface area contributed by atoms with Crippen molar-refractivity contribution in [1.29, 1.82) is 0 Å². The minimum atomic E-state index is -0.234. The molecule has 0 spiro atoms. The van der Waals surface area contributed by atoms with Crippen molar-refractivity contribution in [2.45, 2.75) is 12.8 Å². The Morgan fingerprint density at radius 3 is 2.06 bits per heavy atom. The van der Waals surface area contributed by atoms with Crippen LogP contribution < -0.4 is 14.2 Å². The lowest BCUT2D eigenvalue weighted by molar-refractivity contribution is -0.140. The molecule has 0 fully saturated rings. The Hall–Kier alpha value is -1.91. The van der Waals surface area contributed by atoms with Crippen LogP contribution >= 0.6 is 0 Å². The lowest BCUT2D eigenvalue weighted by atomic mass is 10.3. The summed E-state index contributed by atoms with van der Waals surface area (Å²) in [6.45, 7) is 0.436. The molecule has 0 bridgehead atoms. The number of esters is 1. The summed E-state index contributed by atoms with van der Waals surface area (Å²) in [7, 11) is 4.53. The van der Waals surface area contributed by atoms with Gasteiger partial charge in [-0.25, -0.2) is 0 Å². The van der Waals surface area contributed by atoms with E-state index in [4.69, 9.17) is 14.2 Å². The Morgan fingerprint density at radius 1 is 1.00 bits per heavy atom. The van der Waals surface area contributed by atoms with Gasteiger partial charge in [0.05, 0.1) is 27.9 Å². The first-order valence-corrected chi connectivity index (χ1v) is 5.62. The summed E-state index contributed by atoms with van der Waals surface area (Å²) in [6.07, 6.45) is 0.948. The zero-order chi connectivity index (χ0) is 13.4. The Morgan fingerprint density at radius 2 is 1.56 bits per heavy atom. The molecule has 0 aliphatic heterocycles. The van der Waals surface area contributed by atoms with Crippen LogP contribution in [0.3, 0.4) is 0 Å². The minimum absolute atomic E-state index is 0.234. The number of benzene rings is 1. The van der Waals surface area contributed by atoms with Gasteiger partial charge in [-0.15, -0.1) is 0 Å². The standard InChI is InChI=1S/C13H18O5/c1-15-10-7-11(16-2)9-12(8-10)18-6-4-5-13(14)17-3/h7-9H,4-6H2,1-3H3. The van der Waals surface area contributed by atoms with Crippen LogP contribution in [0.15, 0.2) is 18.2 Å². The molecule has 1 aromatic rings. The van der Waals surface area contributed by atoms with Gasteiger partial charge in [0.2, 0.25) is 0 Å². The third-order valence-corrected chi connectivity index (χ3v) is 2.35. The second-order valence-electron chi connectivity index (χ2n) is 3.58. The van der Waals surface area contributed by atoms with Crippen LogP contribution in [0.1, 0.15) is 12.8 Å². The lowest BCUT2D eigenvalue weighted by Crippen LogP contribution is -2.04. The summed E-state index contributed by atoms with van der Waals surface area (Å²) in [5.74, 6) is 1.74. The van der Waals surface area contributed by atoms with Gasteiger partial charge in [0, 0.05) is 24.6 Å². The second-order valence-corrected chi connectivity index (χ2v) is 3.58. The van der Waals surface area contributed by atoms with Crippen LogP contribution in [-0.2, 0) is 9.53 Å². The van der Waals surface area contributed by atoms with E-state index < -0.39 is 0 Å². The maximum Gasteiger partial charge on any atom is 0.305 e. The topological polar surface area (TPSA) is 54.0 Å². The monoisotopic (exact) mass is 254 g/mol. The molecule has 0 aliphatic carbocycles. The van der Waals surface area contributed by atoms with Crippen molar-refractivity contribution < 1.29 is 23.7 Å². The van der Waals surface area contributed by atoms with Crippen molar-refractivity contribution >= 4 is 5.97 Å². The SMILES string of the molecule is COC(=O)CCCOc1cc(OC)cc(OC)c1. The molecule has 0 N–H and O–H groups in total. The van der Waals surface area contributed by atoms with Crippen molar-refractivity contribution in [2.24, 2.45) is 0 Å². The fraction of sp³-hybridized carbons (Fsp3) is 0.462. The van der Waals surface area contributed by atoms with Crippen molar-refractivity contribution in [2.75, 3.05) is 27.9 Å². The van der Waals surface area contributed by atoms with E-state index in [1.165, 1.54) is 7.11 Å². The molecule has 0 saturated carbocycles. The summed E-state index contributed by atoms with van der Waals surface area (Å²) in [5, 5.41) is 0. The summed E-state index contributed by atoms with van der Waals surface area (Å²) in [5.41, 5.74) is 0. The van der Waals surface area contributed by atoms with E-state index >= 15 is 0 Å². The molecule has 5 nitrogen and oxygen atoms in total. The smallest absolute Gasteiger partial charge is 0.305 e. The van der Waals surface area contributed by atoms with Gasteiger partial charge in [0.15, 0.2) is 0 Å². The Labute approximate surface area is 107 Å². The first-order valence-electron chi connectivity index (χ1n) is 5.62. The molecule has 1 rings (SSSR count). The van der Waals surface area contributed by atoms with Gasteiger partial charge in [-0.1, -0.05) is 0 Å². The van der Waals surface area contributed by atoms with Crippen molar-refractivity contribution in [3.8, 4) is 17.2 Å². The zero-order valence-electron chi connectivity index (χ0n) is 10.9. The molecule has 0 atom stereocenters. The third-order valence-electron chi connectivity index (χ3n) is 2.35. The van der Waals surface area contributed by atoms with Crippen LogP contribution in [0.5, 0.6) is 17.2 Å². The van der Waals surface area contributed by atoms with Crippen molar-refractivity contribution in [1.82, 2.24) is 0 Å². The molecular formula is C13H18O5. The molecule has 0 saturated heterocycles. The quantitative estimate of drug-likeness (QED) is 0.550. The second kappa shape index (κ2) is 7.42. The highest BCUT2D eigenvalue weighted by molar-refractivity contribution is 5.69. The number of hydrogen-bond acceptors (Lipinski definition) is 5. The third kappa shape index (κ3) is 4.53. The molecule has 0 radical (unpaired) electrons. The van der Waals surface area contributed by atoms with Gasteiger partial charge in [-0.2, -0.15) is 0 Å².